The molecule has 0 bridgehead atoms. The van der Waals surface area contributed by atoms with Crippen LogP contribution >= 0.6 is 11.9 Å². The lowest BCUT2D eigenvalue weighted by Gasteiger charge is -2.17. The van der Waals surface area contributed by atoms with Crippen molar-refractivity contribution in [3.63, 3.8) is 0 Å². The molecular formula is C15H14N2O2S. The minimum Gasteiger partial charge on any atom is -0.308 e. The molecule has 2 aromatic carbocycles. The molecule has 0 fully saturated rings. The second kappa shape index (κ2) is 4.83. The van der Waals surface area contributed by atoms with Gasteiger partial charge in [-0.05, 0) is 60.7 Å². The molecule has 0 amide bonds. The highest BCUT2D eigenvalue weighted by Gasteiger charge is 2.23. The molecule has 0 saturated heterocycles. The van der Waals surface area contributed by atoms with E-state index < -0.39 is 0 Å². The summed E-state index contributed by atoms with van der Waals surface area (Å²) >= 11 is 1.63. The van der Waals surface area contributed by atoms with E-state index in [1.165, 1.54) is 11.1 Å². The van der Waals surface area contributed by atoms with Crippen molar-refractivity contribution in [2.24, 2.45) is 0 Å². The Bertz CT molecular complexity index is 700. The number of nitro groups is 1. The van der Waals surface area contributed by atoms with Gasteiger partial charge in [0.15, 0.2) is 0 Å². The third-order valence-corrected chi connectivity index (χ3v) is 4.71. The summed E-state index contributed by atoms with van der Waals surface area (Å²) in [6.07, 6.45) is 0. The molecule has 0 aromatic heterocycles. The number of hydrogen-bond acceptors (Lipinski definition) is 4. The molecule has 5 heteroatoms. The maximum atomic E-state index is 10.8. The minimum atomic E-state index is -0.344. The molecule has 0 atom stereocenters. The fraction of sp³-hybridized carbons (Fsp3) is 0.200. The SMILES string of the molecule is Cc1ccc(N2Cc3cc([N+](=O)[O-])ccc3S2)cc1C. The zero-order chi connectivity index (χ0) is 14.3. The molecule has 3 rings (SSSR count). The molecule has 20 heavy (non-hydrogen) atoms. The number of fused-ring (bicyclic) bond motifs is 1. The monoisotopic (exact) mass is 286 g/mol. The molecule has 102 valence electrons. The minimum absolute atomic E-state index is 0.159. The number of non-ortho nitro benzene ring substituents is 1. The maximum absolute atomic E-state index is 10.8. The summed E-state index contributed by atoms with van der Waals surface area (Å²) < 4.78 is 2.17. The van der Waals surface area contributed by atoms with Crippen LogP contribution in [0.1, 0.15) is 16.7 Å². The van der Waals surface area contributed by atoms with Gasteiger partial charge in [-0.2, -0.15) is 0 Å². The Morgan fingerprint density at radius 2 is 1.95 bits per heavy atom. The number of nitrogens with zero attached hydrogens (tertiary/aromatic N) is 2. The van der Waals surface area contributed by atoms with Crippen LogP contribution in [-0.4, -0.2) is 4.92 Å². The van der Waals surface area contributed by atoms with Crippen LogP contribution in [-0.2, 0) is 6.54 Å². The summed E-state index contributed by atoms with van der Waals surface area (Å²) in [6.45, 7) is 4.89. The van der Waals surface area contributed by atoms with E-state index in [9.17, 15) is 10.1 Å². The maximum Gasteiger partial charge on any atom is 0.269 e. The number of aryl methyl sites for hydroxylation is 2. The number of hydrogen-bond donors (Lipinski definition) is 0. The van der Waals surface area contributed by atoms with Crippen molar-refractivity contribution in [2.75, 3.05) is 4.31 Å². The second-order valence-electron chi connectivity index (χ2n) is 4.95. The van der Waals surface area contributed by atoms with E-state index >= 15 is 0 Å². The van der Waals surface area contributed by atoms with Gasteiger partial charge in [0, 0.05) is 22.7 Å². The topological polar surface area (TPSA) is 46.4 Å². The standard InChI is InChI=1S/C15H14N2O2S/c1-10-3-4-13(7-11(10)2)16-9-12-8-14(17(18)19)5-6-15(12)20-16/h3-8H,9H2,1-2H3. The van der Waals surface area contributed by atoms with E-state index in [1.807, 2.05) is 6.07 Å². The molecule has 4 nitrogen and oxygen atoms in total. The molecule has 0 N–H and O–H groups in total. The van der Waals surface area contributed by atoms with Crippen LogP contribution in [0.25, 0.3) is 0 Å². The Morgan fingerprint density at radius 1 is 1.15 bits per heavy atom. The Morgan fingerprint density at radius 3 is 2.65 bits per heavy atom. The van der Waals surface area contributed by atoms with Gasteiger partial charge in [-0.1, -0.05) is 6.07 Å². The zero-order valence-electron chi connectivity index (χ0n) is 11.3. The summed E-state index contributed by atoms with van der Waals surface area (Å²) in [5.74, 6) is 0. The molecule has 0 spiro atoms. The van der Waals surface area contributed by atoms with Crippen molar-refractivity contribution >= 4 is 23.3 Å². The highest BCUT2D eigenvalue weighted by atomic mass is 32.2. The van der Waals surface area contributed by atoms with Crippen LogP contribution in [0.3, 0.4) is 0 Å². The second-order valence-corrected chi connectivity index (χ2v) is 6.01. The van der Waals surface area contributed by atoms with Crippen LogP contribution in [0.5, 0.6) is 0 Å². The Kier molecular flexibility index (Phi) is 3.14. The fourth-order valence-corrected chi connectivity index (χ4v) is 3.25. The smallest absolute Gasteiger partial charge is 0.269 e. The van der Waals surface area contributed by atoms with E-state index in [0.717, 1.165) is 16.1 Å². The largest absolute Gasteiger partial charge is 0.308 e. The fourth-order valence-electron chi connectivity index (χ4n) is 2.22. The summed E-state index contributed by atoms with van der Waals surface area (Å²) in [5, 5.41) is 10.8. The predicted octanol–water partition coefficient (Wildman–Crippen LogP) is 4.24. The molecule has 1 aliphatic heterocycles. The van der Waals surface area contributed by atoms with Crippen LogP contribution in [0.4, 0.5) is 11.4 Å². The highest BCUT2D eigenvalue weighted by Crippen LogP contribution is 2.41. The van der Waals surface area contributed by atoms with Crippen LogP contribution in [0.2, 0.25) is 0 Å². The van der Waals surface area contributed by atoms with Crippen molar-refractivity contribution in [3.05, 3.63) is 63.2 Å². The lowest BCUT2D eigenvalue weighted by molar-refractivity contribution is -0.385. The number of benzene rings is 2. The first-order chi connectivity index (χ1) is 9.54. The molecule has 1 heterocycles. The van der Waals surface area contributed by atoms with Crippen LogP contribution in [0, 0.1) is 24.0 Å². The van der Waals surface area contributed by atoms with Gasteiger partial charge in [-0.15, -0.1) is 0 Å². The molecule has 0 saturated carbocycles. The molecular weight excluding hydrogens is 272 g/mol. The first-order valence-electron chi connectivity index (χ1n) is 6.34. The predicted molar refractivity (Wildman–Crippen MR) is 81.1 cm³/mol. The van der Waals surface area contributed by atoms with Crippen molar-refractivity contribution in [2.45, 2.75) is 25.3 Å². The van der Waals surface area contributed by atoms with Gasteiger partial charge in [-0.25, -0.2) is 0 Å². The van der Waals surface area contributed by atoms with Crippen molar-refractivity contribution in [1.82, 2.24) is 0 Å². The summed E-state index contributed by atoms with van der Waals surface area (Å²) in [5.41, 5.74) is 4.84. The van der Waals surface area contributed by atoms with Gasteiger partial charge in [0.25, 0.3) is 5.69 Å². The van der Waals surface area contributed by atoms with Gasteiger partial charge >= 0.3 is 0 Å². The Hall–Kier alpha value is -2.01. The van der Waals surface area contributed by atoms with Gasteiger partial charge in [0.1, 0.15) is 0 Å². The number of anilines is 1. The summed E-state index contributed by atoms with van der Waals surface area (Å²) in [6, 6.07) is 11.4. The molecule has 0 unspecified atom stereocenters. The average Bonchev–Trinajstić information content (AvgIpc) is 2.84. The summed E-state index contributed by atoms with van der Waals surface area (Å²) in [7, 11) is 0. The average molecular weight is 286 g/mol. The quantitative estimate of drug-likeness (QED) is 0.470. The summed E-state index contributed by atoms with van der Waals surface area (Å²) in [4.78, 5) is 11.6. The molecule has 1 aliphatic rings. The molecule has 0 radical (unpaired) electrons. The number of rotatable bonds is 2. The molecule has 0 aliphatic carbocycles. The van der Waals surface area contributed by atoms with E-state index in [0.29, 0.717) is 6.54 Å². The Labute approximate surface area is 121 Å². The molecule has 2 aromatic rings. The first kappa shape index (κ1) is 13.0. The lowest BCUT2D eigenvalue weighted by Crippen LogP contribution is -2.07. The van der Waals surface area contributed by atoms with E-state index in [2.05, 4.69) is 36.4 Å². The van der Waals surface area contributed by atoms with Crippen molar-refractivity contribution < 1.29 is 4.92 Å². The third-order valence-electron chi connectivity index (χ3n) is 3.56. The normalized spacial score (nSPS) is 13.4. The van der Waals surface area contributed by atoms with Gasteiger partial charge < -0.3 is 4.31 Å². The highest BCUT2D eigenvalue weighted by molar-refractivity contribution is 8.01. The van der Waals surface area contributed by atoms with E-state index in [1.54, 1.807) is 24.1 Å². The van der Waals surface area contributed by atoms with E-state index in [-0.39, 0.29) is 10.6 Å². The first-order valence-corrected chi connectivity index (χ1v) is 7.12. The van der Waals surface area contributed by atoms with Crippen molar-refractivity contribution in [1.29, 1.82) is 0 Å². The van der Waals surface area contributed by atoms with Gasteiger partial charge in [0.05, 0.1) is 11.5 Å². The third kappa shape index (κ3) is 2.25. The number of nitro benzene ring substituents is 1. The van der Waals surface area contributed by atoms with Gasteiger partial charge in [0.2, 0.25) is 0 Å². The van der Waals surface area contributed by atoms with Gasteiger partial charge in [-0.3, -0.25) is 10.1 Å². The van der Waals surface area contributed by atoms with Crippen LogP contribution in [0.15, 0.2) is 41.3 Å². The van der Waals surface area contributed by atoms with E-state index in [4.69, 9.17) is 0 Å². The van der Waals surface area contributed by atoms with Crippen molar-refractivity contribution in [3.8, 4) is 0 Å². The lowest BCUT2D eigenvalue weighted by atomic mass is 10.1. The Balaban J connectivity index is 1.89. The van der Waals surface area contributed by atoms with Crippen LogP contribution < -0.4 is 4.31 Å². The zero-order valence-corrected chi connectivity index (χ0v) is 12.1.